The van der Waals surface area contributed by atoms with Gasteiger partial charge in [0.2, 0.25) is 5.89 Å². The summed E-state index contributed by atoms with van der Waals surface area (Å²) in [5, 5.41) is 12.7. The van der Waals surface area contributed by atoms with Crippen LogP contribution in [0.25, 0.3) is 0 Å². The molecule has 0 radical (unpaired) electrons. The second kappa shape index (κ2) is 5.46. The molecule has 0 N–H and O–H groups in total. The molecule has 0 saturated heterocycles. The Morgan fingerprint density at radius 2 is 2.00 bits per heavy atom. The number of hydrogen-bond acceptors (Lipinski definition) is 4. The Morgan fingerprint density at radius 3 is 2.61 bits per heavy atom. The molecule has 0 saturated carbocycles. The van der Waals surface area contributed by atoms with Crippen molar-refractivity contribution in [3.05, 3.63) is 47.1 Å². The fourth-order valence-electron chi connectivity index (χ4n) is 1.68. The molecule has 0 aliphatic heterocycles. The van der Waals surface area contributed by atoms with E-state index in [2.05, 4.69) is 30.1 Å². The lowest BCUT2D eigenvalue weighted by Gasteiger charge is -1.97. The fraction of sp³-hybridized carbons (Fsp3) is 0.357. The number of nitrogens with zero attached hydrogens (tertiary/aromatic N) is 3. The van der Waals surface area contributed by atoms with E-state index in [0.717, 1.165) is 17.8 Å². The van der Waals surface area contributed by atoms with E-state index in [1.807, 2.05) is 12.1 Å². The molecule has 18 heavy (non-hydrogen) atoms. The smallest absolute Gasteiger partial charge is 0.231 e. The summed E-state index contributed by atoms with van der Waals surface area (Å²) in [6, 6.07) is 9.49. The highest BCUT2D eigenvalue weighted by Gasteiger charge is 2.08. The van der Waals surface area contributed by atoms with Gasteiger partial charge in [-0.15, -0.1) is 0 Å². The van der Waals surface area contributed by atoms with E-state index in [0.29, 0.717) is 23.8 Å². The highest BCUT2D eigenvalue weighted by atomic mass is 16.5. The summed E-state index contributed by atoms with van der Waals surface area (Å²) in [5.74, 6) is 1.90. The van der Waals surface area contributed by atoms with E-state index in [4.69, 9.17) is 9.78 Å². The summed E-state index contributed by atoms with van der Waals surface area (Å²) in [6.45, 7) is 4.24. The number of nitriles is 1. The van der Waals surface area contributed by atoms with Crippen LogP contribution in [0.4, 0.5) is 0 Å². The van der Waals surface area contributed by atoms with Crippen LogP contribution in [-0.4, -0.2) is 10.1 Å². The molecule has 0 spiro atoms. The van der Waals surface area contributed by atoms with Gasteiger partial charge >= 0.3 is 0 Å². The van der Waals surface area contributed by atoms with Crippen molar-refractivity contribution < 1.29 is 4.52 Å². The number of hydrogen-bond donors (Lipinski definition) is 0. The van der Waals surface area contributed by atoms with Crippen molar-refractivity contribution in [1.29, 1.82) is 5.26 Å². The summed E-state index contributed by atoms with van der Waals surface area (Å²) in [7, 11) is 0. The van der Waals surface area contributed by atoms with Crippen LogP contribution in [0.2, 0.25) is 0 Å². The average Bonchev–Trinajstić information content (AvgIpc) is 2.76. The van der Waals surface area contributed by atoms with Crippen LogP contribution in [0.15, 0.2) is 28.8 Å². The molecular formula is C14H15N3O. The molecule has 4 heteroatoms. The largest absolute Gasteiger partial charge is 0.339 e. The molecule has 1 aromatic carbocycles. The fourth-order valence-corrected chi connectivity index (χ4v) is 1.68. The third-order valence-corrected chi connectivity index (χ3v) is 2.54. The van der Waals surface area contributed by atoms with Gasteiger partial charge in [0.25, 0.3) is 0 Å². The first-order valence-electron chi connectivity index (χ1n) is 5.98. The van der Waals surface area contributed by atoms with Gasteiger partial charge in [-0.05, 0) is 23.6 Å². The van der Waals surface area contributed by atoms with Gasteiger partial charge in [-0.3, -0.25) is 0 Å². The number of benzene rings is 1. The van der Waals surface area contributed by atoms with Crippen LogP contribution < -0.4 is 0 Å². The Labute approximate surface area is 106 Å². The lowest BCUT2D eigenvalue weighted by atomic mass is 10.1. The molecule has 4 nitrogen and oxygen atoms in total. The quantitative estimate of drug-likeness (QED) is 0.825. The molecule has 0 amide bonds. The minimum Gasteiger partial charge on any atom is -0.339 e. The summed E-state index contributed by atoms with van der Waals surface area (Å²) < 4.78 is 5.20. The van der Waals surface area contributed by atoms with Gasteiger partial charge in [0.1, 0.15) is 0 Å². The van der Waals surface area contributed by atoms with Crippen molar-refractivity contribution in [1.82, 2.24) is 10.1 Å². The zero-order valence-electron chi connectivity index (χ0n) is 10.6. The van der Waals surface area contributed by atoms with Gasteiger partial charge in [-0.25, -0.2) is 0 Å². The third kappa shape index (κ3) is 3.17. The predicted octanol–water partition coefficient (Wildman–Crippen LogP) is 2.73. The van der Waals surface area contributed by atoms with E-state index in [9.17, 15) is 0 Å². The monoisotopic (exact) mass is 241 g/mol. The van der Waals surface area contributed by atoms with E-state index in [1.54, 1.807) is 12.1 Å². The zero-order valence-corrected chi connectivity index (χ0v) is 10.6. The molecule has 0 unspecified atom stereocenters. The Hall–Kier alpha value is -2.15. The highest BCUT2D eigenvalue weighted by molar-refractivity contribution is 5.32. The molecule has 1 heterocycles. The van der Waals surface area contributed by atoms with Crippen LogP contribution in [0, 0.1) is 17.2 Å². The number of aromatic nitrogens is 2. The summed E-state index contributed by atoms with van der Waals surface area (Å²) >= 11 is 0. The highest BCUT2D eigenvalue weighted by Crippen LogP contribution is 2.10. The molecule has 0 atom stereocenters. The van der Waals surface area contributed by atoms with Gasteiger partial charge in [-0.1, -0.05) is 31.1 Å². The second-order valence-corrected chi connectivity index (χ2v) is 4.69. The van der Waals surface area contributed by atoms with Crippen molar-refractivity contribution in [2.45, 2.75) is 26.7 Å². The second-order valence-electron chi connectivity index (χ2n) is 4.69. The summed E-state index contributed by atoms with van der Waals surface area (Å²) in [5.41, 5.74) is 1.72. The van der Waals surface area contributed by atoms with E-state index in [1.165, 1.54) is 0 Å². The lowest BCUT2D eigenvalue weighted by Crippen LogP contribution is -1.96. The maximum absolute atomic E-state index is 8.71. The Morgan fingerprint density at radius 1 is 1.28 bits per heavy atom. The standard InChI is InChI=1S/C14H15N3O/c1-10(2)7-13-16-14(18-17-13)8-11-3-5-12(9-15)6-4-11/h3-6,10H,7-8H2,1-2H3. The minimum absolute atomic E-state index is 0.519. The third-order valence-electron chi connectivity index (χ3n) is 2.54. The SMILES string of the molecule is CC(C)Cc1noc(Cc2ccc(C#N)cc2)n1. The summed E-state index contributed by atoms with van der Waals surface area (Å²) in [4.78, 5) is 4.35. The Balaban J connectivity index is 2.04. The van der Waals surface area contributed by atoms with Gasteiger partial charge in [-0.2, -0.15) is 10.2 Å². The molecule has 0 fully saturated rings. The van der Waals surface area contributed by atoms with Crippen LogP contribution in [0.1, 0.15) is 36.7 Å². The first-order valence-corrected chi connectivity index (χ1v) is 5.98. The molecule has 0 bridgehead atoms. The molecule has 0 aliphatic rings. The molecule has 0 aliphatic carbocycles. The maximum atomic E-state index is 8.71. The Bertz CT molecular complexity index is 549. The van der Waals surface area contributed by atoms with Crippen molar-refractivity contribution >= 4 is 0 Å². The van der Waals surface area contributed by atoms with E-state index >= 15 is 0 Å². The van der Waals surface area contributed by atoms with Gasteiger partial charge < -0.3 is 4.52 Å². The predicted molar refractivity (Wildman–Crippen MR) is 66.8 cm³/mol. The molecule has 2 aromatic rings. The van der Waals surface area contributed by atoms with Gasteiger partial charge in [0.05, 0.1) is 18.1 Å². The number of rotatable bonds is 4. The van der Waals surface area contributed by atoms with Crippen LogP contribution in [-0.2, 0) is 12.8 Å². The van der Waals surface area contributed by atoms with E-state index < -0.39 is 0 Å². The van der Waals surface area contributed by atoms with Crippen molar-refractivity contribution in [3.8, 4) is 6.07 Å². The molecule has 2 rings (SSSR count). The van der Waals surface area contributed by atoms with Crippen molar-refractivity contribution in [2.24, 2.45) is 5.92 Å². The Kier molecular flexibility index (Phi) is 3.73. The summed E-state index contributed by atoms with van der Waals surface area (Å²) in [6.07, 6.45) is 1.44. The van der Waals surface area contributed by atoms with Crippen LogP contribution in [0.5, 0.6) is 0 Å². The normalized spacial score (nSPS) is 10.6. The molecule has 1 aromatic heterocycles. The molecular weight excluding hydrogens is 226 g/mol. The van der Waals surface area contributed by atoms with Gasteiger partial charge in [0.15, 0.2) is 5.82 Å². The maximum Gasteiger partial charge on any atom is 0.231 e. The topological polar surface area (TPSA) is 62.7 Å². The van der Waals surface area contributed by atoms with Gasteiger partial charge in [0, 0.05) is 6.42 Å². The first-order chi connectivity index (χ1) is 8.67. The zero-order chi connectivity index (χ0) is 13.0. The van der Waals surface area contributed by atoms with E-state index in [-0.39, 0.29) is 0 Å². The van der Waals surface area contributed by atoms with Crippen LogP contribution >= 0.6 is 0 Å². The van der Waals surface area contributed by atoms with Crippen molar-refractivity contribution in [3.63, 3.8) is 0 Å². The van der Waals surface area contributed by atoms with Crippen molar-refractivity contribution in [2.75, 3.05) is 0 Å². The first kappa shape index (κ1) is 12.3. The molecule has 92 valence electrons. The lowest BCUT2D eigenvalue weighted by molar-refractivity contribution is 0.377. The van der Waals surface area contributed by atoms with Crippen LogP contribution in [0.3, 0.4) is 0 Å². The average molecular weight is 241 g/mol. The minimum atomic E-state index is 0.519.